The lowest BCUT2D eigenvalue weighted by atomic mass is 10.1. The van der Waals surface area contributed by atoms with Gasteiger partial charge in [-0.1, -0.05) is 12.8 Å². The summed E-state index contributed by atoms with van der Waals surface area (Å²) in [7, 11) is 0. The van der Waals surface area contributed by atoms with E-state index in [1.54, 1.807) is 0 Å². The summed E-state index contributed by atoms with van der Waals surface area (Å²) in [5.74, 6) is 1.09. The molecular formula is C14H24O3. The lowest BCUT2D eigenvalue weighted by Gasteiger charge is -2.22. The number of aldehydes is 1. The second kappa shape index (κ2) is 7.12. The average molecular weight is 240 g/mol. The minimum Gasteiger partial charge on any atom is -0.353 e. The van der Waals surface area contributed by atoms with Crippen molar-refractivity contribution in [3.8, 4) is 0 Å². The van der Waals surface area contributed by atoms with Gasteiger partial charge in [0.1, 0.15) is 6.29 Å². The Morgan fingerprint density at radius 3 is 2.88 bits per heavy atom. The lowest BCUT2D eigenvalue weighted by Crippen LogP contribution is -2.22. The Hall–Kier alpha value is -0.410. The van der Waals surface area contributed by atoms with Crippen molar-refractivity contribution in [3.05, 3.63) is 0 Å². The average Bonchev–Trinajstić information content (AvgIpc) is 3.13. The van der Waals surface area contributed by atoms with Crippen molar-refractivity contribution in [1.82, 2.24) is 0 Å². The molecule has 3 nitrogen and oxygen atoms in total. The van der Waals surface area contributed by atoms with Gasteiger partial charge < -0.3 is 14.3 Å². The summed E-state index contributed by atoms with van der Waals surface area (Å²) in [6, 6.07) is 0. The smallest absolute Gasteiger partial charge is 0.157 e. The third-order valence-electron chi connectivity index (χ3n) is 3.81. The summed E-state index contributed by atoms with van der Waals surface area (Å²) in [5, 5.41) is 0. The number of unbranched alkanes of at least 4 members (excludes halogenated alkanes) is 2. The van der Waals surface area contributed by atoms with Gasteiger partial charge >= 0.3 is 0 Å². The lowest BCUT2D eigenvalue weighted by molar-refractivity contribution is -0.162. The minimum atomic E-state index is 0.0617. The van der Waals surface area contributed by atoms with E-state index >= 15 is 0 Å². The van der Waals surface area contributed by atoms with Crippen LogP contribution in [0.25, 0.3) is 0 Å². The van der Waals surface area contributed by atoms with E-state index in [0.29, 0.717) is 11.8 Å². The van der Waals surface area contributed by atoms with Crippen LogP contribution in [0.1, 0.15) is 51.4 Å². The second-order valence-corrected chi connectivity index (χ2v) is 5.31. The first-order chi connectivity index (χ1) is 8.40. The molecule has 98 valence electrons. The highest BCUT2D eigenvalue weighted by atomic mass is 16.7. The molecule has 1 saturated carbocycles. The first kappa shape index (κ1) is 13.0. The Balaban J connectivity index is 1.37. The molecule has 2 aliphatic rings. The topological polar surface area (TPSA) is 35.5 Å². The molecule has 1 unspecified atom stereocenters. The van der Waals surface area contributed by atoms with Gasteiger partial charge in [-0.25, -0.2) is 0 Å². The molecule has 0 aromatic heterocycles. The van der Waals surface area contributed by atoms with E-state index in [0.717, 1.165) is 38.8 Å². The third kappa shape index (κ3) is 4.76. The summed E-state index contributed by atoms with van der Waals surface area (Å²) in [5.41, 5.74) is 0. The highest BCUT2D eigenvalue weighted by Gasteiger charge is 2.35. The molecule has 2 fully saturated rings. The Morgan fingerprint density at radius 1 is 1.24 bits per heavy atom. The van der Waals surface area contributed by atoms with Crippen LogP contribution < -0.4 is 0 Å². The van der Waals surface area contributed by atoms with Gasteiger partial charge in [0.05, 0.1) is 0 Å². The SMILES string of the molecule is O=C[C@H]1C[C@H]1CCCCCOC1CCCCO1. The van der Waals surface area contributed by atoms with Crippen LogP contribution in [0, 0.1) is 11.8 Å². The molecular weight excluding hydrogens is 216 g/mol. The quantitative estimate of drug-likeness (QED) is 0.483. The molecule has 0 amide bonds. The van der Waals surface area contributed by atoms with Crippen LogP contribution in [0.5, 0.6) is 0 Å². The fraction of sp³-hybridized carbons (Fsp3) is 0.929. The van der Waals surface area contributed by atoms with Crippen molar-refractivity contribution in [3.63, 3.8) is 0 Å². The van der Waals surface area contributed by atoms with Crippen molar-refractivity contribution in [2.75, 3.05) is 13.2 Å². The van der Waals surface area contributed by atoms with Crippen molar-refractivity contribution in [1.29, 1.82) is 0 Å². The first-order valence-corrected chi connectivity index (χ1v) is 7.08. The summed E-state index contributed by atoms with van der Waals surface area (Å²) in [4.78, 5) is 10.5. The van der Waals surface area contributed by atoms with Gasteiger partial charge in [-0.15, -0.1) is 0 Å². The Labute approximate surface area is 104 Å². The maximum Gasteiger partial charge on any atom is 0.157 e. The maximum atomic E-state index is 10.5. The Kier molecular flexibility index (Phi) is 5.46. The van der Waals surface area contributed by atoms with Gasteiger partial charge in [0.15, 0.2) is 6.29 Å². The summed E-state index contributed by atoms with van der Waals surface area (Å²) >= 11 is 0. The molecule has 0 bridgehead atoms. The van der Waals surface area contributed by atoms with Crippen LogP contribution in [0.4, 0.5) is 0 Å². The minimum absolute atomic E-state index is 0.0617. The molecule has 1 aliphatic heterocycles. The van der Waals surface area contributed by atoms with Crippen LogP contribution in [-0.4, -0.2) is 25.8 Å². The van der Waals surface area contributed by atoms with Gasteiger partial charge in [0, 0.05) is 19.1 Å². The van der Waals surface area contributed by atoms with Crippen molar-refractivity contribution in [2.24, 2.45) is 11.8 Å². The fourth-order valence-corrected chi connectivity index (χ4v) is 2.51. The van der Waals surface area contributed by atoms with Gasteiger partial charge in [-0.2, -0.15) is 0 Å². The van der Waals surface area contributed by atoms with E-state index in [-0.39, 0.29) is 6.29 Å². The van der Waals surface area contributed by atoms with E-state index in [1.165, 1.54) is 32.1 Å². The number of carbonyl (C=O) groups excluding carboxylic acids is 1. The van der Waals surface area contributed by atoms with Crippen molar-refractivity contribution < 1.29 is 14.3 Å². The summed E-state index contributed by atoms with van der Waals surface area (Å²) in [6.45, 7) is 1.69. The standard InChI is InChI=1S/C14H24O3/c15-11-13-10-12(13)6-2-1-4-8-16-14-7-3-5-9-17-14/h11-14H,1-10H2/t12-,13-,14?/m1/s1. The highest BCUT2D eigenvalue weighted by Crippen LogP contribution is 2.40. The van der Waals surface area contributed by atoms with Crippen molar-refractivity contribution in [2.45, 2.75) is 57.7 Å². The second-order valence-electron chi connectivity index (χ2n) is 5.31. The molecule has 0 spiro atoms. The van der Waals surface area contributed by atoms with Gasteiger partial charge in [0.25, 0.3) is 0 Å². The van der Waals surface area contributed by atoms with E-state index in [4.69, 9.17) is 9.47 Å². The number of hydrogen-bond acceptors (Lipinski definition) is 3. The molecule has 1 heterocycles. The number of hydrogen-bond donors (Lipinski definition) is 0. The van der Waals surface area contributed by atoms with Gasteiger partial charge in [0.2, 0.25) is 0 Å². The molecule has 3 atom stereocenters. The van der Waals surface area contributed by atoms with Crippen LogP contribution in [0.2, 0.25) is 0 Å². The molecule has 1 saturated heterocycles. The molecule has 0 radical (unpaired) electrons. The molecule has 0 aromatic carbocycles. The predicted molar refractivity (Wildman–Crippen MR) is 65.7 cm³/mol. The molecule has 0 N–H and O–H groups in total. The molecule has 2 rings (SSSR count). The zero-order valence-electron chi connectivity index (χ0n) is 10.6. The molecule has 3 heteroatoms. The van der Waals surface area contributed by atoms with E-state index < -0.39 is 0 Å². The number of ether oxygens (including phenoxy) is 2. The Bertz CT molecular complexity index is 224. The highest BCUT2D eigenvalue weighted by molar-refractivity contribution is 5.58. The van der Waals surface area contributed by atoms with Crippen molar-refractivity contribution >= 4 is 6.29 Å². The number of rotatable bonds is 8. The first-order valence-electron chi connectivity index (χ1n) is 7.08. The van der Waals surface area contributed by atoms with E-state index in [1.807, 2.05) is 0 Å². The van der Waals surface area contributed by atoms with Gasteiger partial charge in [-0.05, 0) is 44.4 Å². The predicted octanol–water partition coefficient (Wildman–Crippen LogP) is 2.93. The largest absolute Gasteiger partial charge is 0.353 e. The van der Waals surface area contributed by atoms with Crippen LogP contribution in [0.15, 0.2) is 0 Å². The third-order valence-corrected chi connectivity index (χ3v) is 3.81. The molecule has 17 heavy (non-hydrogen) atoms. The maximum absolute atomic E-state index is 10.5. The molecule has 0 aromatic rings. The molecule has 1 aliphatic carbocycles. The fourth-order valence-electron chi connectivity index (χ4n) is 2.51. The van der Waals surface area contributed by atoms with Crippen LogP contribution in [0.3, 0.4) is 0 Å². The summed E-state index contributed by atoms with van der Waals surface area (Å²) < 4.78 is 11.2. The monoisotopic (exact) mass is 240 g/mol. The summed E-state index contributed by atoms with van der Waals surface area (Å²) in [6.07, 6.45) is 10.6. The zero-order valence-corrected chi connectivity index (χ0v) is 10.6. The van der Waals surface area contributed by atoms with Crippen LogP contribution in [-0.2, 0) is 14.3 Å². The normalized spacial score (nSPS) is 32.4. The zero-order chi connectivity index (χ0) is 11.9. The van der Waals surface area contributed by atoms with Gasteiger partial charge in [-0.3, -0.25) is 0 Å². The Morgan fingerprint density at radius 2 is 2.18 bits per heavy atom. The van der Waals surface area contributed by atoms with Crippen LogP contribution >= 0.6 is 0 Å². The van der Waals surface area contributed by atoms with E-state index in [2.05, 4.69) is 0 Å². The number of carbonyl (C=O) groups is 1. The van der Waals surface area contributed by atoms with E-state index in [9.17, 15) is 4.79 Å².